The smallest absolute Gasteiger partial charge is 0.223 e. The van der Waals surface area contributed by atoms with Crippen molar-refractivity contribution in [3.63, 3.8) is 0 Å². The van der Waals surface area contributed by atoms with Crippen molar-refractivity contribution in [2.75, 3.05) is 6.54 Å². The average molecular weight is 362 g/mol. The Bertz CT molecular complexity index is 948. The fourth-order valence-electron chi connectivity index (χ4n) is 4.26. The Morgan fingerprint density at radius 3 is 2.78 bits per heavy atom. The van der Waals surface area contributed by atoms with Crippen LogP contribution in [0, 0.1) is 13.8 Å². The fraction of sp³-hybridized carbons (Fsp3) is 0.409. The minimum atomic E-state index is 0.210. The van der Waals surface area contributed by atoms with E-state index in [0.717, 1.165) is 42.0 Å². The van der Waals surface area contributed by atoms with E-state index in [-0.39, 0.29) is 11.9 Å². The zero-order valence-electron chi connectivity index (χ0n) is 16.1. The molecule has 1 fully saturated rings. The van der Waals surface area contributed by atoms with Crippen LogP contribution in [0.2, 0.25) is 0 Å². The van der Waals surface area contributed by atoms with Crippen molar-refractivity contribution in [2.24, 2.45) is 0 Å². The highest BCUT2D eigenvalue weighted by Gasteiger charge is 2.27. The predicted molar refractivity (Wildman–Crippen MR) is 106 cm³/mol. The lowest BCUT2D eigenvalue weighted by atomic mass is 9.94. The highest BCUT2D eigenvalue weighted by molar-refractivity contribution is 5.77. The summed E-state index contributed by atoms with van der Waals surface area (Å²) in [5, 5.41) is 4.35. The molecule has 0 saturated carbocycles. The molecule has 2 aromatic heterocycles. The van der Waals surface area contributed by atoms with Gasteiger partial charge < -0.3 is 4.90 Å². The Hall–Kier alpha value is -2.69. The number of nitrogens with zero attached hydrogens (tertiary/aromatic N) is 4. The number of carbonyl (C=O) groups excluding carboxylic acids is 1. The molecule has 0 spiro atoms. The summed E-state index contributed by atoms with van der Waals surface area (Å²) in [4.78, 5) is 19.8. The van der Waals surface area contributed by atoms with E-state index in [4.69, 9.17) is 0 Å². The van der Waals surface area contributed by atoms with Gasteiger partial charge >= 0.3 is 0 Å². The molecule has 5 nitrogen and oxygen atoms in total. The first-order valence-electron chi connectivity index (χ1n) is 9.79. The zero-order chi connectivity index (χ0) is 18.8. The molecule has 1 saturated heterocycles. The van der Waals surface area contributed by atoms with E-state index in [1.807, 2.05) is 23.6 Å². The topological polar surface area (TPSA) is 50.5 Å². The van der Waals surface area contributed by atoms with Crippen LogP contribution in [-0.2, 0) is 11.2 Å². The minimum Gasteiger partial charge on any atom is -0.336 e. The van der Waals surface area contributed by atoms with Gasteiger partial charge in [-0.15, -0.1) is 0 Å². The highest BCUT2D eigenvalue weighted by atomic mass is 16.2. The van der Waals surface area contributed by atoms with Crippen molar-refractivity contribution < 1.29 is 4.79 Å². The van der Waals surface area contributed by atoms with Gasteiger partial charge in [0.25, 0.3) is 0 Å². The molecule has 1 amide bonds. The molecule has 1 aromatic carbocycles. The number of hydrogen-bond acceptors (Lipinski definition) is 3. The lowest BCUT2D eigenvalue weighted by Gasteiger charge is -2.36. The summed E-state index contributed by atoms with van der Waals surface area (Å²) in [6, 6.07) is 12.5. The Kier molecular flexibility index (Phi) is 4.92. The van der Waals surface area contributed by atoms with Crippen LogP contribution in [0.25, 0.3) is 5.65 Å². The second-order valence-electron chi connectivity index (χ2n) is 7.37. The monoisotopic (exact) mass is 362 g/mol. The largest absolute Gasteiger partial charge is 0.336 e. The van der Waals surface area contributed by atoms with Gasteiger partial charge in [0, 0.05) is 30.4 Å². The van der Waals surface area contributed by atoms with Gasteiger partial charge in [0.1, 0.15) is 0 Å². The molecular weight excluding hydrogens is 336 g/mol. The van der Waals surface area contributed by atoms with Crippen LogP contribution in [0.1, 0.15) is 54.2 Å². The van der Waals surface area contributed by atoms with Gasteiger partial charge in [-0.3, -0.25) is 4.79 Å². The Morgan fingerprint density at radius 2 is 1.96 bits per heavy atom. The van der Waals surface area contributed by atoms with Crippen LogP contribution in [0.5, 0.6) is 0 Å². The van der Waals surface area contributed by atoms with E-state index in [2.05, 4.69) is 46.2 Å². The van der Waals surface area contributed by atoms with Gasteiger partial charge in [-0.1, -0.05) is 30.3 Å². The second kappa shape index (κ2) is 7.51. The molecule has 1 unspecified atom stereocenters. The molecular formula is C22H26N4O. The molecule has 27 heavy (non-hydrogen) atoms. The maximum atomic E-state index is 13.1. The third-order valence-electron chi connectivity index (χ3n) is 5.69. The Balaban J connectivity index is 1.52. The summed E-state index contributed by atoms with van der Waals surface area (Å²) >= 11 is 0. The lowest BCUT2D eigenvalue weighted by Crippen LogP contribution is -2.38. The van der Waals surface area contributed by atoms with Crippen LogP contribution in [0.3, 0.4) is 0 Å². The summed E-state index contributed by atoms with van der Waals surface area (Å²) < 4.78 is 1.86. The van der Waals surface area contributed by atoms with Crippen molar-refractivity contribution in [1.82, 2.24) is 19.5 Å². The Morgan fingerprint density at radius 1 is 1.15 bits per heavy atom. The summed E-state index contributed by atoms with van der Waals surface area (Å²) in [5.74, 6) is 0.239. The van der Waals surface area contributed by atoms with Gasteiger partial charge in [0.2, 0.25) is 5.91 Å². The van der Waals surface area contributed by atoms with E-state index >= 15 is 0 Å². The highest BCUT2D eigenvalue weighted by Crippen LogP contribution is 2.31. The molecule has 1 aliphatic rings. The molecule has 1 atom stereocenters. The number of piperidine rings is 1. The van der Waals surface area contributed by atoms with Crippen molar-refractivity contribution in [2.45, 2.75) is 52.0 Å². The van der Waals surface area contributed by atoms with Gasteiger partial charge in [0.05, 0.1) is 12.2 Å². The summed E-state index contributed by atoms with van der Waals surface area (Å²) in [5.41, 5.74) is 5.31. The zero-order valence-corrected chi connectivity index (χ0v) is 16.1. The molecule has 0 bridgehead atoms. The van der Waals surface area contributed by atoms with Gasteiger partial charge in [-0.25, -0.2) is 9.50 Å². The van der Waals surface area contributed by atoms with Crippen LogP contribution in [0.4, 0.5) is 0 Å². The lowest BCUT2D eigenvalue weighted by molar-refractivity contribution is -0.135. The quantitative estimate of drug-likeness (QED) is 0.704. The number of aromatic nitrogens is 3. The van der Waals surface area contributed by atoms with E-state index in [9.17, 15) is 4.79 Å². The first kappa shape index (κ1) is 17.7. The number of amides is 1. The number of benzene rings is 1. The minimum absolute atomic E-state index is 0.210. The standard InChI is InChI=1S/C22H26N4O/c1-16-19(17(2)26-21(24-16)13-14-23-26)11-12-22(27)25-15-7-6-10-20(25)18-8-4-3-5-9-18/h3-5,8-9,13-14,20H,6-7,10-12,15H2,1-2H3. The van der Waals surface area contributed by atoms with E-state index < -0.39 is 0 Å². The molecule has 4 rings (SSSR count). The number of fused-ring (bicyclic) bond motifs is 1. The Labute approximate surface area is 160 Å². The predicted octanol–water partition coefficient (Wildman–Crippen LogP) is 4.03. The summed E-state index contributed by atoms with van der Waals surface area (Å²) in [6.45, 7) is 4.93. The van der Waals surface area contributed by atoms with E-state index in [0.29, 0.717) is 12.8 Å². The molecule has 0 aliphatic carbocycles. The number of carbonyl (C=O) groups is 1. The number of rotatable bonds is 4. The SMILES string of the molecule is Cc1nc2ccnn2c(C)c1CCC(=O)N1CCCCC1c1ccccc1. The van der Waals surface area contributed by atoms with Gasteiger partial charge in [-0.2, -0.15) is 5.10 Å². The molecule has 0 N–H and O–H groups in total. The summed E-state index contributed by atoms with van der Waals surface area (Å²) in [7, 11) is 0. The maximum absolute atomic E-state index is 13.1. The third-order valence-corrected chi connectivity index (χ3v) is 5.69. The van der Waals surface area contributed by atoms with Crippen LogP contribution >= 0.6 is 0 Å². The molecule has 1 aliphatic heterocycles. The molecule has 140 valence electrons. The normalized spacial score (nSPS) is 17.4. The molecule has 3 heterocycles. The average Bonchev–Trinajstić information content (AvgIpc) is 3.17. The first-order valence-corrected chi connectivity index (χ1v) is 9.79. The van der Waals surface area contributed by atoms with Crippen molar-refractivity contribution >= 4 is 11.6 Å². The maximum Gasteiger partial charge on any atom is 0.223 e. The van der Waals surface area contributed by atoms with Crippen molar-refractivity contribution in [1.29, 1.82) is 0 Å². The van der Waals surface area contributed by atoms with Gasteiger partial charge in [-0.05, 0) is 50.7 Å². The van der Waals surface area contributed by atoms with Gasteiger partial charge in [0.15, 0.2) is 5.65 Å². The number of hydrogen-bond donors (Lipinski definition) is 0. The number of aryl methyl sites for hydroxylation is 2. The van der Waals surface area contributed by atoms with E-state index in [1.54, 1.807) is 6.20 Å². The third kappa shape index (κ3) is 3.46. The molecule has 0 radical (unpaired) electrons. The van der Waals surface area contributed by atoms with Crippen LogP contribution in [0.15, 0.2) is 42.6 Å². The second-order valence-corrected chi connectivity index (χ2v) is 7.37. The summed E-state index contributed by atoms with van der Waals surface area (Å²) in [6.07, 6.45) is 6.31. The molecule has 3 aromatic rings. The van der Waals surface area contributed by atoms with E-state index in [1.165, 1.54) is 12.0 Å². The van der Waals surface area contributed by atoms with Crippen molar-refractivity contribution in [3.05, 3.63) is 65.1 Å². The molecule has 5 heteroatoms. The number of likely N-dealkylation sites (tertiary alicyclic amines) is 1. The fourth-order valence-corrected chi connectivity index (χ4v) is 4.26. The van der Waals surface area contributed by atoms with Crippen molar-refractivity contribution in [3.8, 4) is 0 Å². The van der Waals surface area contributed by atoms with Crippen LogP contribution < -0.4 is 0 Å². The van der Waals surface area contributed by atoms with Crippen LogP contribution in [-0.4, -0.2) is 31.9 Å². The first-order chi connectivity index (χ1) is 13.1.